The topological polar surface area (TPSA) is 41.7 Å². The van der Waals surface area contributed by atoms with Crippen LogP contribution in [0.1, 0.15) is 38.5 Å². The Morgan fingerprint density at radius 3 is 2.68 bits per heavy atom. The summed E-state index contributed by atoms with van der Waals surface area (Å²) in [5.41, 5.74) is 9.49. The fourth-order valence-electron chi connectivity index (χ4n) is 4.41. The molecule has 0 aromatic rings. The molecule has 1 aliphatic carbocycles. The predicted molar refractivity (Wildman–Crippen MR) is 91.8 cm³/mol. The summed E-state index contributed by atoms with van der Waals surface area (Å²) in [4.78, 5) is 2.63. The highest BCUT2D eigenvalue weighted by molar-refractivity contribution is 7.97. The van der Waals surface area contributed by atoms with Gasteiger partial charge in [-0.1, -0.05) is 30.4 Å². The van der Waals surface area contributed by atoms with Crippen LogP contribution in [-0.2, 0) is 4.74 Å². The van der Waals surface area contributed by atoms with Gasteiger partial charge in [-0.05, 0) is 31.3 Å². The molecule has 2 fully saturated rings. The van der Waals surface area contributed by atoms with Gasteiger partial charge in [0.25, 0.3) is 0 Å². The molecule has 0 bridgehead atoms. The fourth-order valence-corrected chi connectivity index (χ4v) is 5.84. The average Bonchev–Trinajstić information content (AvgIpc) is 3.15. The smallest absolute Gasteiger partial charge is 0.0623 e. The number of hydrogen-bond donors (Lipinski definition) is 1. The zero-order valence-corrected chi connectivity index (χ0v) is 14.3. The predicted octanol–water partition coefficient (Wildman–Crippen LogP) is 2.01. The van der Waals surface area contributed by atoms with Crippen LogP contribution >= 0.6 is 11.9 Å². The van der Waals surface area contributed by atoms with Crippen molar-refractivity contribution in [2.45, 2.75) is 55.9 Å². The quantitative estimate of drug-likeness (QED) is 0.636. The highest BCUT2D eigenvalue weighted by atomic mass is 32.2. The van der Waals surface area contributed by atoms with Crippen LogP contribution < -0.4 is 5.73 Å². The lowest BCUT2D eigenvalue weighted by Gasteiger charge is -2.38. The Morgan fingerprint density at radius 1 is 1.05 bits per heavy atom. The van der Waals surface area contributed by atoms with E-state index in [1.54, 1.807) is 11.1 Å². The van der Waals surface area contributed by atoms with Crippen molar-refractivity contribution in [2.75, 3.05) is 39.4 Å². The molecule has 3 heterocycles. The standard InChI is InChI=1S/C17H29N3OS/c18-15-7-16(12-21-11-15)19-6-5-13-9-20(10-14(13)8-19)22-17-3-1-2-4-17/h15-17H,1-12,18H2. The van der Waals surface area contributed by atoms with Gasteiger partial charge in [0, 0.05) is 43.5 Å². The van der Waals surface area contributed by atoms with E-state index < -0.39 is 0 Å². The lowest BCUT2D eigenvalue weighted by molar-refractivity contribution is 0.00905. The highest BCUT2D eigenvalue weighted by Crippen LogP contribution is 2.37. The van der Waals surface area contributed by atoms with Crippen LogP contribution in [-0.4, -0.2) is 65.9 Å². The SMILES string of the molecule is NC1COCC(N2CCC3=C(CN(SC4CCCC4)C3)C2)C1. The molecule has 0 aromatic carbocycles. The second-order valence-electron chi connectivity index (χ2n) is 7.42. The molecule has 1 saturated heterocycles. The lowest BCUT2D eigenvalue weighted by atomic mass is 9.98. The largest absolute Gasteiger partial charge is 0.378 e. The summed E-state index contributed by atoms with van der Waals surface area (Å²) < 4.78 is 8.30. The molecule has 2 N–H and O–H groups in total. The monoisotopic (exact) mass is 323 g/mol. The molecule has 4 rings (SSSR count). The van der Waals surface area contributed by atoms with Crippen LogP contribution in [0.15, 0.2) is 11.1 Å². The molecule has 0 spiro atoms. The van der Waals surface area contributed by atoms with E-state index >= 15 is 0 Å². The number of nitrogens with zero attached hydrogens (tertiary/aromatic N) is 2. The minimum atomic E-state index is 0.229. The Kier molecular flexibility index (Phi) is 4.79. The van der Waals surface area contributed by atoms with Gasteiger partial charge in [-0.3, -0.25) is 4.90 Å². The van der Waals surface area contributed by atoms with Crippen molar-refractivity contribution in [3.8, 4) is 0 Å². The molecular weight excluding hydrogens is 294 g/mol. The maximum absolute atomic E-state index is 6.08. The number of ether oxygens (including phenoxy) is 1. The van der Waals surface area contributed by atoms with Crippen molar-refractivity contribution >= 4 is 11.9 Å². The van der Waals surface area contributed by atoms with Gasteiger partial charge in [0.15, 0.2) is 0 Å². The first-order valence-electron chi connectivity index (χ1n) is 8.97. The second kappa shape index (κ2) is 6.81. The summed E-state index contributed by atoms with van der Waals surface area (Å²) in [5, 5.41) is 0.891. The Morgan fingerprint density at radius 2 is 1.86 bits per heavy atom. The van der Waals surface area contributed by atoms with E-state index in [1.807, 2.05) is 0 Å². The van der Waals surface area contributed by atoms with Crippen molar-refractivity contribution < 1.29 is 4.74 Å². The molecule has 4 aliphatic rings. The van der Waals surface area contributed by atoms with E-state index in [4.69, 9.17) is 10.5 Å². The van der Waals surface area contributed by atoms with E-state index in [9.17, 15) is 0 Å². The highest BCUT2D eigenvalue weighted by Gasteiger charge is 2.33. The van der Waals surface area contributed by atoms with Crippen LogP contribution in [0.3, 0.4) is 0 Å². The maximum atomic E-state index is 6.08. The van der Waals surface area contributed by atoms with Gasteiger partial charge < -0.3 is 10.5 Å². The molecular formula is C17H29N3OS. The molecule has 0 amide bonds. The first-order chi connectivity index (χ1) is 10.8. The minimum absolute atomic E-state index is 0.229. The number of nitrogens with two attached hydrogens (primary N) is 1. The van der Waals surface area contributed by atoms with Gasteiger partial charge in [-0.25, -0.2) is 4.31 Å². The fraction of sp³-hybridized carbons (Fsp3) is 0.882. The average molecular weight is 324 g/mol. The number of hydrogen-bond acceptors (Lipinski definition) is 5. The first-order valence-corrected chi connectivity index (χ1v) is 9.80. The summed E-state index contributed by atoms with van der Waals surface area (Å²) in [7, 11) is 0. The van der Waals surface area contributed by atoms with E-state index in [2.05, 4.69) is 21.2 Å². The molecule has 2 unspecified atom stereocenters. The molecule has 2 atom stereocenters. The van der Waals surface area contributed by atoms with Crippen LogP contribution in [0.4, 0.5) is 0 Å². The molecule has 124 valence electrons. The van der Waals surface area contributed by atoms with Crippen molar-refractivity contribution in [3.05, 3.63) is 11.1 Å². The Bertz CT molecular complexity index is 436. The van der Waals surface area contributed by atoms with E-state index in [0.29, 0.717) is 6.04 Å². The second-order valence-corrected chi connectivity index (χ2v) is 8.82. The van der Waals surface area contributed by atoms with E-state index in [-0.39, 0.29) is 6.04 Å². The zero-order chi connectivity index (χ0) is 14.9. The van der Waals surface area contributed by atoms with Crippen molar-refractivity contribution in [1.29, 1.82) is 0 Å². The summed E-state index contributed by atoms with van der Waals surface area (Å²) in [5.74, 6) is 0. The summed E-state index contributed by atoms with van der Waals surface area (Å²) >= 11 is 2.15. The van der Waals surface area contributed by atoms with Crippen LogP contribution in [0.25, 0.3) is 0 Å². The summed E-state index contributed by atoms with van der Waals surface area (Å²) in [6.07, 6.45) is 8.08. The Labute approximate surface area is 138 Å². The van der Waals surface area contributed by atoms with Gasteiger partial charge in [-0.2, -0.15) is 0 Å². The third-order valence-electron chi connectivity index (χ3n) is 5.66. The Hall–Kier alpha value is -0.0700. The van der Waals surface area contributed by atoms with Crippen LogP contribution in [0.5, 0.6) is 0 Å². The lowest BCUT2D eigenvalue weighted by Crippen LogP contribution is -2.50. The Balaban J connectivity index is 1.31. The van der Waals surface area contributed by atoms with Gasteiger partial charge in [0.2, 0.25) is 0 Å². The maximum Gasteiger partial charge on any atom is 0.0623 e. The van der Waals surface area contributed by atoms with E-state index in [0.717, 1.165) is 31.4 Å². The minimum Gasteiger partial charge on any atom is -0.378 e. The van der Waals surface area contributed by atoms with Crippen molar-refractivity contribution in [1.82, 2.24) is 9.21 Å². The number of rotatable bonds is 3. The van der Waals surface area contributed by atoms with Crippen LogP contribution in [0, 0.1) is 0 Å². The molecule has 3 aliphatic heterocycles. The molecule has 4 nitrogen and oxygen atoms in total. The van der Waals surface area contributed by atoms with Gasteiger partial charge in [0.1, 0.15) is 0 Å². The normalized spacial score (nSPS) is 35.3. The molecule has 22 heavy (non-hydrogen) atoms. The van der Waals surface area contributed by atoms with Gasteiger partial charge in [-0.15, -0.1) is 0 Å². The third-order valence-corrected chi connectivity index (χ3v) is 6.99. The first kappa shape index (κ1) is 15.5. The van der Waals surface area contributed by atoms with Crippen LogP contribution in [0.2, 0.25) is 0 Å². The van der Waals surface area contributed by atoms with E-state index in [1.165, 1.54) is 51.7 Å². The molecule has 0 radical (unpaired) electrons. The molecule has 1 saturated carbocycles. The zero-order valence-electron chi connectivity index (χ0n) is 13.5. The summed E-state index contributed by atoms with van der Waals surface area (Å²) in [6.45, 7) is 6.36. The third kappa shape index (κ3) is 3.39. The van der Waals surface area contributed by atoms with Gasteiger partial charge >= 0.3 is 0 Å². The molecule has 0 aromatic heterocycles. The van der Waals surface area contributed by atoms with Gasteiger partial charge in [0.05, 0.1) is 13.2 Å². The summed E-state index contributed by atoms with van der Waals surface area (Å²) in [6, 6.07) is 0.765. The van der Waals surface area contributed by atoms with Crippen molar-refractivity contribution in [3.63, 3.8) is 0 Å². The van der Waals surface area contributed by atoms with Crippen molar-refractivity contribution in [2.24, 2.45) is 5.73 Å². The molecule has 5 heteroatoms.